The highest BCUT2D eigenvalue weighted by Crippen LogP contribution is 2.35. The Bertz CT molecular complexity index is 491. The smallest absolute Gasteiger partial charge is 0.476 e. The van der Waals surface area contributed by atoms with Crippen molar-refractivity contribution in [1.29, 1.82) is 0 Å². The summed E-state index contributed by atoms with van der Waals surface area (Å²) in [5.74, 6) is -3.97. The minimum absolute atomic E-state index is 0.453. The standard InChI is InChI=1S/C9H5ClF5NO3/c10-1-3-4(7(11)12)2-16-5(8(17)18)6(3)19-9(13,14)15/h2,7H,1H2,(H,17,18). The van der Waals surface area contributed by atoms with Gasteiger partial charge in [-0.3, -0.25) is 0 Å². The van der Waals surface area contributed by atoms with Crippen molar-refractivity contribution in [3.63, 3.8) is 0 Å². The van der Waals surface area contributed by atoms with Gasteiger partial charge in [-0.2, -0.15) is 0 Å². The van der Waals surface area contributed by atoms with E-state index in [1.54, 1.807) is 0 Å². The Morgan fingerprint density at radius 3 is 2.42 bits per heavy atom. The molecule has 0 saturated heterocycles. The lowest BCUT2D eigenvalue weighted by Gasteiger charge is -2.16. The Kier molecular flexibility index (Phi) is 4.51. The normalized spacial score (nSPS) is 11.7. The maximum Gasteiger partial charge on any atom is 0.573 e. The number of ether oxygens (including phenoxy) is 1. The van der Waals surface area contributed by atoms with Crippen molar-refractivity contribution < 1.29 is 36.6 Å². The zero-order valence-corrected chi connectivity index (χ0v) is 9.60. The molecule has 10 heteroatoms. The van der Waals surface area contributed by atoms with Gasteiger partial charge in [-0.05, 0) is 0 Å². The average Bonchev–Trinajstić information content (AvgIpc) is 2.25. The van der Waals surface area contributed by atoms with Crippen LogP contribution >= 0.6 is 11.6 Å². The highest BCUT2D eigenvalue weighted by atomic mass is 35.5. The molecule has 0 fully saturated rings. The van der Waals surface area contributed by atoms with E-state index in [1.165, 1.54) is 0 Å². The van der Waals surface area contributed by atoms with Gasteiger partial charge in [-0.25, -0.2) is 18.6 Å². The van der Waals surface area contributed by atoms with Crippen LogP contribution in [0.2, 0.25) is 0 Å². The SMILES string of the molecule is O=C(O)c1ncc(C(F)F)c(CCl)c1OC(F)(F)F. The third kappa shape index (κ3) is 3.66. The van der Waals surface area contributed by atoms with Gasteiger partial charge in [-0.15, -0.1) is 24.8 Å². The molecule has 1 N–H and O–H groups in total. The second-order valence-corrected chi connectivity index (χ2v) is 3.42. The number of alkyl halides is 6. The number of carbonyl (C=O) groups is 1. The quantitative estimate of drug-likeness (QED) is 0.684. The monoisotopic (exact) mass is 305 g/mol. The fourth-order valence-corrected chi connectivity index (χ4v) is 1.52. The number of halogens is 6. The lowest BCUT2D eigenvalue weighted by atomic mass is 10.1. The summed E-state index contributed by atoms with van der Waals surface area (Å²) >= 11 is 5.29. The number of nitrogens with zero attached hydrogens (tertiary/aromatic N) is 1. The van der Waals surface area contributed by atoms with Crippen LogP contribution in [-0.4, -0.2) is 22.4 Å². The van der Waals surface area contributed by atoms with Gasteiger partial charge >= 0.3 is 12.3 Å². The molecule has 0 radical (unpaired) electrons. The fraction of sp³-hybridized carbons (Fsp3) is 0.333. The van der Waals surface area contributed by atoms with Crippen LogP contribution in [0.5, 0.6) is 5.75 Å². The summed E-state index contributed by atoms with van der Waals surface area (Å²) in [6.07, 6.45) is -7.97. The molecule has 0 spiro atoms. The highest BCUT2D eigenvalue weighted by Gasteiger charge is 2.36. The molecule has 1 aromatic rings. The first kappa shape index (κ1) is 15.4. The van der Waals surface area contributed by atoms with E-state index in [0.29, 0.717) is 6.20 Å². The van der Waals surface area contributed by atoms with Crippen molar-refractivity contribution in [3.05, 3.63) is 23.0 Å². The van der Waals surface area contributed by atoms with E-state index in [4.69, 9.17) is 16.7 Å². The average molecular weight is 306 g/mol. The first-order valence-corrected chi connectivity index (χ1v) is 5.05. The largest absolute Gasteiger partial charge is 0.573 e. The van der Waals surface area contributed by atoms with E-state index in [2.05, 4.69) is 9.72 Å². The van der Waals surface area contributed by atoms with Crippen LogP contribution in [0.25, 0.3) is 0 Å². The Morgan fingerprint density at radius 2 is 2.05 bits per heavy atom. The lowest BCUT2D eigenvalue weighted by molar-refractivity contribution is -0.275. The summed E-state index contributed by atoms with van der Waals surface area (Å²) in [6.45, 7) is 0. The summed E-state index contributed by atoms with van der Waals surface area (Å²) < 4.78 is 65.1. The number of aromatic carboxylic acids is 1. The van der Waals surface area contributed by atoms with E-state index < -0.39 is 47.2 Å². The van der Waals surface area contributed by atoms with Gasteiger partial charge in [-0.1, -0.05) is 0 Å². The molecule has 1 aromatic heterocycles. The maximum atomic E-state index is 12.6. The molecule has 19 heavy (non-hydrogen) atoms. The van der Waals surface area contributed by atoms with Crippen LogP contribution in [0.15, 0.2) is 6.20 Å². The van der Waals surface area contributed by atoms with Crippen LogP contribution in [0.1, 0.15) is 28.0 Å². The molecule has 0 aromatic carbocycles. The van der Waals surface area contributed by atoms with Crippen molar-refractivity contribution in [2.45, 2.75) is 18.7 Å². The van der Waals surface area contributed by atoms with E-state index in [1.807, 2.05) is 0 Å². The summed E-state index contributed by atoms with van der Waals surface area (Å²) in [5.41, 5.74) is -2.82. The second kappa shape index (κ2) is 5.55. The van der Waals surface area contributed by atoms with Crippen molar-refractivity contribution in [1.82, 2.24) is 4.98 Å². The van der Waals surface area contributed by atoms with Gasteiger partial charge in [0.25, 0.3) is 6.43 Å². The number of hydrogen-bond donors (Lipinski definition) is 1. The van der Waals surface area contributed by atoms with Crippen molar-refractivity contribution in [2.75, 3.05) is 0 Å². The zero-order chi connectivity index (χ0) is 14.8. The van der Waals surface area contributed by atoms with Crippen molar-refractivity contribution in [2.24, 2.45) is 0 Å². The van der Waals surface area contributed by atoms with Crippen LogP contribution in [0, 0.1) is 0 Å². The van der Waals surface area contributed by atoms with E-state index in [9.17, 15) is 26.7 Å². The molecule has 0 aliphatic carbocycles. The van der Waals surface area contributed by atoms with Crippen LogP contribution < -0.4 is 4.74 Å². The first-order chi connectivity index (χ1) is 8.67. The number of pyridine rings is 1. The van der Waals surface area contributed by atoms with Crippen molar-refractivity contribution in [3.8, 4) is 5.75 Å². The molecule has 0 aliphatic rings. The summed E-state index contributed by atoms with van der Waals surface area (Å²) in [4.78, 5) is 13.7. The first-order valence-electron chi connectivity index (χ1n) is 4.52. The molecule has 1 rings (SSSR count). The Labute approximate surface area is 107 Å². The topological polar surface area (TPSA) is 59.4 Å². The summed E-state index contributed by atoms with van der Waals surface area (Å²) in [5, 5.41) is 8.67. The van der Waals surface area contributed by atoms with Gasteiger partial charge < -0.3 is 9.84 Å². The van der Waals surface area contributed by atoms with Crippen molar-refractivity contribution >= 4 is 17.6 Å². The second-order valence-electron chi connectivity index (χ2n) is 3.16. The lowest BCUT2D eigenvalue weighted by Crippen LogP contribution is -2.21. The molecule has 4 nitrogen and oxygen atoms in total. The third-order valence-electron chi connectivity index (χ3n) is 1.96. The van der Waals surface area contributed by atoms with Gasteiger partial charge in [0.1, 0.15) is 0 Å². The van der Waals surface area contributed by atoms with Gasteiger partial charge in [0.2, 0.25) is 0 Å². The summed E-state index contributed by atoms with van der Waals surface area (Å²) in [6, 6.07) is 0. The predicted molar refractivity (Wildman–Crippen MR) is 52.4 cm³/mol. The molecular weight excluding hydrogens is 301 g/mol. The Hall–Kier alpha value is -1.64. The number of rotatable bonds is 4. The third-order valence-corrected chi connectivity index (χ3v) is 2.23. The number of aromatic nitrogens is 1. The fourth-order valence-electron chi connectivity index (χ4n) is 1.25. The molecular formula is C9H5ClF5NO3. The van der Waals surface area contributed by atoms with Gasteiger partial charge in [0, 0.05) is 17.3 Å². The Morgan fingerprint density at radius 1 is 1.47 bits per heavy atom. The molecule has 1 heterocycles. The van der Waals surface area contributed by atoms with Crippen LogP contribution in [0.3, 0.4) is 0 Å². The number of carboxylic acids is 1. The van der Waals surface area contributed by atoms with Gasteiger partial charge in [0.15, 0.2) is 11.4 Å². The molecule has 0 unspecified atom stereocenters. The number of carboxylic acid groups (broad SMARTS) is 1. The van der Waals surface area contributed by atoms with Crippen LogP contribution in [-0.2, 0) is 5.88 Å². The number of hydrogen-bond acceptors (Lipinski definition) is 3. The van der Waals surface area contributed by atoms with Gasteiger partial charge in [0.05, 0.1) is 5.88 Å². The van der Waals surface area contributed by atoms with E-state index >= 15 is 0 Å². The summed E-state index contributed by atoms with van der Waals surface area (Å²) in [7, 11) is 0. The molecule has 0 atom stereocenters. The zero-order valence-electron chi connectivity index (χ0n) is 8.84. The molecule has 0 amide bonds. The Balaban J connectivity index is 3.50. The van der Waals surface area contributed by atoms with E-state index in [-0.39, 0.29) is 0 Å². The molecule has 0 aliphatic heterocycles. The molecule has 0 bridgehead atoms. The maximum absolute atomic E-state index is 12.6. The minimum Gasteiger partial charge on any atom is -0.476 e. The van der Waals surface area contributed by atoms with Crippen LogP contribution in [0.4, 0.5) is 22.0 Å². The molecule has 106 valence electrons. The highest BCUT2D eigenvalue weighted by molar-refractivity contribution is 6.17. The predicted octanol–water partition coefficient (Wildman–Crippen LogP) is 3.35. The van der Waals surface area contributed by atoms with E-state index in [0.717, 1.165) is 0 Å². The minimum atomic E-state index is -5.26. The molecule has 0 saturated carbocycles.